The quantitative estimate of drug-likeness (QED) is 0.628. The summed E-state index contributed by atoms with van der Waals surface area (Å²) in [7, 11) is 1.62. The Balaban J connectivity index is 2.14. The standard InChI is InChI=1S/C10H20N2O3/c1-14-7-8-15-9-10(13)12-5-2-3-11-4-6-12/h11H,2-9H2,1H3. The van der Waals surface area contributed by atoms with E-state index in [1.807, 2.05) is 4.90 Å². The molecule has 1 amide bonds. The summed E-state index contributed by atoms with van der Waals surface area (Å²) < 4.78 is 10.0. The van der Waals surface area contributed by atoms with Crippen molar-refractivity contribution in [1.29, 1.82) is 0 Å². The van der Waals surface area contributed by atoms with Crippen LogP contribution in [0.1, 0.15) is 6.42 Å². The third kappa shape index (κ3) is 5.11. The normalized spacial score (nSPS) is 17.5. The van der Waals surface area contributed by atoms with Gasteiger partial charge >= 0.3 is 0 Å². The Hall–Kier alpha value is -0.650. The van der Waals surface area contributed by atoms with Gasteiger partial charge in [0.25, 0.3) is 0 Å². The molecule has 0 bridgehead atoms. The van der Waals surface area contributed by atoms with Crippen LogP contribution in [0.3, 0.4) is 0 Å². The zero-order valence-electron chi connectivity index (χ0n) is 9.33. The summed E-state index contributed by atoms with van der Waals surface area (Å²) in [5.41, 5.74) is 0. The van der Waals surface area contributed by atoms with Crippen LogP contribution in [0, 0.1) is 0 Å². The zero-order chi connectivity index (χ0) is 10.9. The zero-order valence-corrected chi connectivity index (χ0v) is 9.33. The van der Waals surface area contributed by atoms with Gasteiger partial charge in [0.2, 0.25) is 5.91 Å². The minimum absolute atomic E-state index is 0.0785. The minimum atomic E-state index is 0.0785. The summed E-state index contributed by atoms with van der Waals surface area (Å²) in [6, 6.07) is 0. The average molecular weight is 216 g/mol. The molecule has 5 heteroatoms. The van der Waals surface area contributed by atoms with Gasteiger partial charge in [-0.1, -0.05) is 0 Å². The number of nitrogens with one attached hydrogen (secondary N) is 1. The Morgan fingerprint density at radius 2 is 2.20 bits per heavy atom. The summed E-state index contributed by atoms with van der Waals surface area (Å²) in [5.74, 6) is 0.0785. The first-order chi connectivity index (χ1) is 7.34. The SMILES string of the molecule is COCCOCC(=O)N1CCCNCC1. The van der Waals surface area contributed by atoms with Crippen LogP contribution in [0.15, 0.2) is 0 Å². The van der Waals surface area contributed by atoms with E-state index in [0.29, 0.717) is 13.2 Å². The Morgan fingerprint density at radius 3 is 3.00 bits per heavy atom. The number of rotatable bonds is 5. The summed E-state index contributed by atoms with van der Waals surface area (Å²) in [6.45, 7) is 4.68. The van der Waals surface area contributed by atoms with E-state index >= 15 is 0 Å². The van der Waals surface area contributed by atoms with Gasteiger partial charge in [0, 0.05) is 26.7 Å². The molecule has 0 radical (unpaired) electrons. The van der Waals surface area contributed by atoms with E-state index in [2.05, 4.69) is 5.32 Å². The number of ether oxygens (including phenoxy) is 2. The van der Waals surface area contributed by atoms with Crippen LogP contribution >= 0.6 is 0 Å². The molecule has 0 aromatic heterocycles. The molecule has 0 atom stereocenters. The van der Waals surface area contributed by atoms with Crippen LogP contribution in [0.4, 0.5) is 0 Å². The predicted octanol–water partition coefficient (Wildman–Crippen LogP) is -0.529. The second kappa shape index (κ2) is 7.62. The van der Waals surface area contributed by atoms with Crippen LogP contribution < -0.4 is 5.32 Å². The van der Waals surface area contributed by atoms with Crippen LogP contribution in [0.2, 0.25) is 0 Å². The fraction of sp³-hybridized carbons (Fsp3) is 0.900. The molecule has 15 heavy (non-hydrogen) atoms. The number of hydrogen-bond acceptors (Lipinski definition) is 4. The van der Waals surface area contributed by atoms with Crippen molar-refractivity contribution < 1.29 is 14.3 Å². The lowest BCUT2D eigenvalue weighted by Gasteiger charge is -2.19. The largest absolute Gasteiger partial charge is 0.382 e. The molecule has 0 aromatic carbocycles. The van der Waals surface area contributed by atoms with Crippen LogP contribution in [-0.4, -0.2) is 63.9 Å². The van der Waals surface area contributed by atoms with Gasteiger partial charge in [0.05, 0.1) is 13.2 Å². The molecule has 1 heterocycles. The van der Waals surface area contributed by atoms with E-state index in [1.165, 1.54) is 0 Å². The topological polar surface area (TPSA) is 50.8 Å². The Morgan fingerprint density at radius 1 is 1.33 bits per heavy atom. The minimum Gasteiger partial charge on any atom is -0.382 e. The van der Waals surface area contributed by atoms with Crippen molar-refractivity contribution in [2.45, 2.75) is 6.42 Å². The molecular formula is C10H20N2O3. The lowest BCUT2D eigenvalue weighted by Crippen LogP contribution is -2.36. The van der Waals surface area contributed by atoms with Crippen molar-refractivity contribution in [2.75, 3.05) is 53.1 Å². The number of hydrogen-bond donors (Lipinski definition) is 1. The van der Waals surface area contributed by atoms with Gasteiger partial charge in [-0.05, 0) is 13.0 Å². The summed E-state index contributed by atoms with van der Waals surface area (Å²) in [5, 5.41) is 3.25. The third-order valence-corrected chi connectivity index (χ3v) is 2.35. The third-order valence-electron chi connectivity index (χ3n) is 2.35. The smallest absolute Gasteiger partial charge is 0.248 e. The van der Waals surface area contributed by atoms with Gasteiger partial charge in [0.15, 0.2) is 0 Å². The van der Waals surface area contributed by atoms with E-state index in [0.717, 1.165) is 32.6 Å². The molecule has 5 nitrogen and oxygen atoms in total. The molecule has 0 unspecified atom stereocenters. The Kier molecular flexibility index (Phi) is 6.31. The fourth-order valence-corrected chi connectivity index (χ4v) is 1.49. The summed E-state index contributed by atoms with van der Waals surface area (Å²) in [6.07, 6.45) is 1.02. The molecular weight excluding hydrogens is 196 g/mol. The average Bonchev–Trinajstić information content (AvgIpc) is 2.52. The number of nitrogens with zero attached hydrogens (tertiary/aromatic N) is 1. The van der Waals surface area contributed by atoms with Crippen LogP contribution in [-0.2, 0) is 14.3 Å². The van der Waals surface area contributed by atoms with Crippen molar-refractivity contribution in [3.63, 3.8) is 0 Å². The fourth-order valence-electron chi connectivity index (χ4n) is 1.49. The molecule has 1 saturated heterocycles. The Bertz CT molecular complexity index is 180. The molecule has 1 aliphatic heterocycles. The van der Waals surface area contributed by atoms with E-state index in [-0.39, 0.29) is 12.5 Å². The molecule has 0 aromatic rings. The first kappa shape index (κ1) is 12.4. The molecule has 1 fully saturated rings. The molecule has 88 valence electrons. The molecule has 1 N–H and O–H groups in total. The van der Waals surface area contributed by atoms with Crippen LogP contribution in [0.25, 0.3) is 0 Å². The van der Waals surface area contributed by atoms with Gasteiger partial charge in [-0.15, -0.1) is 0 Å². The predicted molar refractivity (Wildman–Crippen MR) is 56.8 cm³/mol. The van der Waals surface area contributed by atoms with Gasteiger partial charge in [-0.25, -0.2) is 0 Å². The van der Waals surface area contributed by atoms with Crippen molar-refractivity contribution >= 4 is 5.91 Å². The maximum Gasteiger partial charge on any atom is 0.248 e. The highest BCUT2D eigenvalue weighted by molar-refractivity contribution is 5.77. The maximum absolute atomic E-state index is 11.6. The highest BCUT2D eigenvalue weighted by Crippen LogP contribution is 1.96. The number of methoxy groups -OCH3 is 1. The Labute approximate surface area is 90.7 Å². The first-order valence-corrected chi connectivity index (χ1v) is 5.40. The van der Waals surface area contributed by atoms with E-state index < -0.39 is 0 Å². The number of carbonyl (C=O) groups is 1. The van der Waals surface area contributed by atoms with Gasteiger partial charge in [-0.3, -0.25) is 4.79 Å². The lowest BCUT2D eigenvalue weighted by atomic mass is 10.4. The number of carbonyl (C=O) groups excluding carboxylic acids is 1. The summed E-state index contributed by atoms with van der Waals surface area (Å²) in [4.78, 5) is 13.5. The molecule has 1 aliphatic rings. The molecule has 0 aliphatic carbocycles. The molecule has 0 saturated carbocycles. The first-order valence-electron chi connectivity index (χ1n) is 5.40. The van der Waals surface area contributed by atoms with E-state index in [9.17, 15) is 4.79 Å². The van der Waals surface area contributed by atoms with Gasteiger partial charge in [0.1, 0.15) is 6.61 Å². The van der Waals surface area contributed by atoms with Crippen molar-refractivity contribution in [2.24, 2.45) is 0 Å². The number of amides is 1. The molecule has 0 spiro atoms. The molecule has 1 rings (SSSR count). The van der Waals surface area contributed by atoms with Gasteiger partial charge in [-0.2, -0.15) is 0 Å². The van der Waals surface area contributed by atoms with Crippen LogP contribution in [0.5, 0.6) is 0 Å². The van der Waals surface area contributed by atoms with Gasteiger partial charge < -0.3 is 19.7 Å². The second-order valence-electron chi connectivity index (χ2n) is 3.53. The van der Waals surface area contributed by atoms with E-state index in [1.54, 1.807) is 7.11 Å². The lowest BCUT2D eigenvalue weighted by molar-refractivity contribution is -0.136. The highest BCUT2D eigenvalue weighted by atomic mass is 16.5. The highest BCUT2D eigenvalue weighted by Gasteiger charge is 2.14. The van der Waals surface area contributed by atoms with Crippen molar-refractivity contribution in [1.82, 2.24) is 10.2 Å². The van der Waals surface area contributed by atoms with E-state index in [4.69, 9.17) is 9.47 Å². The maximum atomic E-state index is 11.6. The second-order valence-corrected chi connectivity index (χ2v) is 3.53. The summed E-state index contributed by atoms with van der Waals surface area (Å²) >= 11 is 0. The monoisotopic (exact) mass is 216 g/mol. The van der Waals surface area contributed by atoms with Crippen molar-refractivity contribution in [3.05, 3.63) is 0 Å². The van der Waals surface area contributed by atoms with Crippen molar-refractivity contribution in [3.8, 4) is 0 Å².